The number of hydrogen-bond donors (Lipinski definition) is 2. The molecule has 2 N–H and O–H groups in total. The quantitative estimate of drug-likeness (QED) is 0.642. The molecular weight excluding hydrogens is 244 g/mol. The van der Waals surface area contributed by atoms with Crippen molar-refractivity contribution in [1.29, 1.82) is 5.53 Å². The number of nitrogens with zero attached hydrogens (tertiary/aromatic N) is 2. The molecule has 0 aromatic heterocycles. The van der Waals surface area contributed by atoms with Gasteiger partial charge in [-0.3, -0.25) is 0 Å². The molecule has 92 valence electrons. The van der Waals surface area contributed by atoms with Crippen molar-refractivity contribution in [3.63, 3.8) is 0 Å². The van der Waals surface area contributed by atoms with Crippen LogP contribution in [0.2, 0.25) is 5.02 Å². The van der Waals surface area contributed by atoms with Crippen LogP contribution < -0.4 is 5.32 Å². The van der Waals surface area contributed by atoms with Crippen molar-refractivity contribution in [2.24, 2.45) is 5.22 Å². The molecule has 0 aliphatic heterocycles. The van der Waals surface area contributed by atoms with E-state index in [1.165, 1.54) is 7.05 Å². The van der Waals surface area contributed by atoms with Crippen molar-refractivity contribution >= 4 is 23.3 Å². The molecule has 1 aromatic carbocycles. The van der Waals surface area contributed by atoms with E-state index in [2.05, 4.69) is 10.5 Å². The lowest BCUT2D eigenvalue weighted by atomic mass is 10.2. The molecule has 0 spiro atoms. The number of nitrogens with one attached hydrogen (secondary N) is 2. The van der Waals surface area contributed by atoms with Gasteiger partial charge in [-0.05, 0) is 12.1 Å². The van der Waals surface area contributed by atoms with E-state index in [1.807, 2.05) is 0 Å². The summed E-state index contributed by atoms with van der Waals surface area (Å²) in [5.74, 6) is 0. The number of carbonyl (C=O) groups excluding carboxylic acids is 1. The summed E-state index contributed by atoms with van der Waals surface area (Å²) in [6.07, 6.45) is 0. The van der Waals surface area contributed by atoms with Crippen LogP contribution in [0.1, 0.15) is 5.56 Å². The molecule has 0 atom stereocenters. The summed E-state index contributed by atoms with van der Waals surface area (Å²) in [5, 5.41) is 6.97. The molecule has 6 nitrogen and oxygen atoms in total. The second-order valence-corrected chi connectivity index (χ2v) is 3.66. The average Bonchev–Trinajstić information content (AvgIpc) is 2.32. The molecule has 0 fully saturated rings. The van der Waals surface area contributed by atoms with Gasteiger partial charge in [0.15, 0.2) is 0 Å². The van der Waals surface area contributed by atoms with Gasteiger partial charge in [0, 0.05) is 30.4 Å². The molecule has 0 heterocycles. The number of urea groups is 1. The average molecular weight is 257 g/mol. The van der Waals surface area contributed by atoms with Crippen molar-refractivity contribution in [1.82, 2.24) is 5.01 Å². The molecule has 0 saturated heterocycles. The van der Waals surface area contributed by atoms with Gasteiger partial charge < -0.3 is 10.1 Å². The molecule has 17 heavy (non-hydrogen) atoms. The Morgan fingerprint density at radius 1 is 1.65 bits per heavy atom. The lowest BCUT2D eigenvalue weighted by molar-refractivity contribution is 0.185. The van der Waals surface area contributed by atoms with Gasteiger partial charge in [0.05, 0.1) is 6.61 Å². The van der Waals surface area contributed by atoms with Crippen LogP contribution in [0.4, 0.5) is 10.5 Å². The third-order valence-electron chi connectivity index (χ3n) is 2.09. The summed E-state index contributed by atoms with van der Waals surface area (Å²) in [5.41, 5.74) is 7.95. The van der Waals surface area contributed by atoms with Gasteiger partial charge in [-0.2, -0.15) is 10.5 Å². The SMILES string of the molecule is COCc1c(Cl)cccc1NC(=O)N(C)N=N. The van der Waals surface area contributed by atoms with Crippen molar-refractivity contribution in [3.8, 4) is 0 Å². The first kappa shape index (κ1) is 13.4. The smallest absolute Gasteiger partial charge is 0.343 e. The Bertz CT molecular complexity index is 425. The van der Waals surface area contributed by atoms with E-state index in [9.17, 15) is 4.79 Å². The molecule has 0 aliphatic carbocycles. The molecule has 0 unspecified atom stereocenters. The lowest BCUT2D eigenvalue weighted by Crippen LogP contribution is -2.26. The fraction of sp³-hybridized carbons (Fsp3) is 0.300. The van der Waals surface area contributed by atoms with Crippen molar-refractivity contribution in [3.05, 3.63) is 28.8 Å². The summed E-state index contributed by atoms with van der Waals surface area (Å²) in [4.78, 5) is 11.5. The van der Waals surface area contributed by atoms with Crippen molar-refractivity contribution in [2.75, 3.05) is 19.5 Å². The largest absolute Gasteiger partial charge is 0.380 e. The standard InChI is InChI=1S/C10H13ClN4O2/c1-15(14-12)10(16)13-9-5-3-4-8(11)7(9)6-17-2/h3-5,12H,6H2,1-2H3,(H,13,16). The maximum absolute atomic E-state index is 11.5. The van der Waals surface area contributed by atoms with Gasteiger partial charge in [-0.25, -0.2) is 4.79 Å². The minimum atomic E-state index is -0.514. The number of anilines is 1. The number of rotatable bonds is 4. The van der Waals surface area contributed by atoms with Gasteiger partial charge in [-0.15, -0.1) is 0 Å². The monoisotopic (exact) mass is 256 g/mol. The van der Waals surface area contributed by atoms with Crippen LogP contribution in [0.25, 0.3) is 0 Å². The number of halogens is 1. The van der Waals surface area contributed by atoms with Gasteiger partial charge >= 0.3 is 6.03 Å². The number of carbonyl (C=O) groups is 1. The Hall–Kier alpha value is -1.66. The Labute approximate surface area is 104 Å². The van der Waals surface area contributed by atoms with Crippen LogP contribution in [0.5, 0.6) is 0 Å². The molecule has 0 radical (unpaired) electrons. The maximum atomic E-state index is 11.5. The van der Waals surface area contributed by atoms with E-state index < -0.39 is 6.03 Å². The maximum Gasteiger partial charge on any atom is 0.343 e. The summed E-state index contributed by atoms with van der Waals surface area (Å²) >= 11 is 6.00. The van der Waals surface area contributed by atoms with Crippen molar-refractivity contribution in [2.45, 2.75) is 6.61 Å². The lowest BCUT2D eigenvalue weighted by Gasteiger charge is -2.14. The summed E-state index contributed by atoms with van der Waals surface area (Å²) < 4.78 is 5.01. The Kier molecular flexibility index (Phi) is 4.86. The zero-order valence-corrected chi connectivity index (χ0v) is 10.3. The van der Waals surface area contributed by atoms with E-state index in [0.717, 1.165) is 5.01 Å². The van der Waals surface area contributed by atoms with E-state index in [-0.39, 0.29) is 6.61 Å². The number of ether oxygens (including phenoxy) is 1. The number of amides is 2. The van der Waals surface area contributed by atoms with Crippen molar-refractivity contribution < 1.29 is 9.53 Å². The molecule has 0 aliphatic rings. The van der Waals surface area contributed by atoms with Crippen LogP contribution in [0.15, 0.2) is 23.4 Å². The highest BCUT2D eigenvalue weighted by molar-refractivity contribution is 6.31. The third kappa shape index (κ3) is 3.40. The molecule has 1 rings (SSSR count). The summed E-state index contributed by atoms with van der Waals surface area (Å²) in [7, 11) is 2.92. The van der Waals surface area contributed by atoms with Gasteiger partial charge in [0.25, 0.3) is 0 Å². The molecule has 7 heteroatoms. The predicted molar refractivity (Wildman–Crippen MR) is 64.1 cm³/mol. The van der Waals surface area contributed by atoms with Crippen LogP contribution >= 0.6 is 11.6 Å². The van der Waals surface area contributed by atoms with Gasteiger partial charge in [0.1, 0.15) is 0 Å². The first-order chi connectivity index (χ1) is 8.10. The number of benzene rings is 1. The van der Waals surface area contributed by atoms with Gasteiger partial charge in [-0.1, -0.05) is 22.9 Å². The number of methoxy groups -OCH3 is 1. The predicted octanol–water partition coefficient (Wildman–Crippen LogP) is 2.90. The highest BCUT2D eigenvalue weighted by Crippen LogP contribution is 2.25. The van der Waals surface area contributed by atoms with E-state index in [1.54, 1.807) is 25.3 Å². The van der Waals surface area contributed by atoms with E-state index in [0.29, 0.717) is 16.3 Å². The summed E-state index contributed by atoms with van der Waals surface area (Å²) in [6, 6.07) is 4.62. The first-order valence-electron chi connectivity index (χ1n) is 4.78. The van der Waals surface area contributed by atoms with Crippen LogP contribution in [0.3, 0.4) is 0 Å². The van der Waals surface area contributed by atoms with E-state index >= 15 is 0 Å². The summed E-state index contributed by atoms with van der Waals surface area (Å²) in [6.45, 7) is 0.289. The molecular formula is C10H13ClN4O2. The molecule has 0 bridgehead atoms. The Balaban J connectivity index is 2.93. The topological polar surface area (TPSA) is 77.8 Å². The molecule has 1 aromatic rings. The zero-order chi connectivity index (χ0) is 12.8. The van der Waals surface area contributed by atoms with Gasteiger partial charge in [0.2, 0.25) is 0 Å². The Morgan fingerprint density at radius 2 is 2.35 bits per heavy atom. The minimum absolute atomic E-state index is 0.289. The normalized spacial score (nSPS) is 9.82. The first-order valence-corrected chi connectivity index (χ1v) is 5.16. The fourth-order valence-electron chi connectivity index (χ4n) is 1.21. The zero-order valence-electron chi connectivity index (χ0n) is 9.53. The fourth-order valence-corrected chi connectivity index (χ4v) is 1.44. The highest BCUT2D eigenvalue weighted by Gasteiger charge is 2.12. The minimum Gasteiger partial charge on any atom is -0.380 e. The number of hydrogen-bond acceptors (Lipinski definition) is 4. The highest BCUT2D eigenvalue weighted by atomic mass is 35.5. The molecule has 2 amide bonds. The molecule has 0 saturated carbocycles. The van der Waals surface area contributed by atoms with Crippen LogP contribution in [-0.2, 0) is 11.3 Å². The van der Waals surface area contributed by atoms with Crippen LogP contribution in [-0.4, -0.2) is 25.2 Å². The second-order valence-electron chi connectivity index (χ2n) is 3.25. The Morgan fingerprint density at radius 3 is 2.94 bits per heavy atom. The van der Waals surface area contributed by atoms with Crippen LogP contribution in [0, 0.1) is 5.53 Å². The second kappa shape index (κ2) is 6.17. The third-order valence-corrected chi connectivity index (χ3v) is 2.45. The van der Waals surface area contributed by atoms with E-state index in [4.69, 9.17) is 21.9 Å².